The summed E-state index contributed by atoms with van der Waals surface area (Å²) in [4.78, 5) is 18.0. The Labute approximate surface area is 250 Å². The quantitative estimate of drug-likeness (QED) is 0.218. The topological polar surface area (TPSA) is 81.9 Å². The first kappa shape index (κ1) is 30.4. The molecular weight excluding hydrogens is 638 g/mol. The highest BCUT2D eigenvalue weighted by molar-refractivity contribution is 9.10. The minimum Gasteiger partial charge on any atom is -0.298 e. The predicted molar refractivity (Wildman–Crippen MR) is 152 cm³/mol. The molecule has 12 heteroatoms. The molecule has 0 N–H and O–H groups in total. The zero-order valence-electron chi connectivity index (χ0n) is 23.3. The SMILES string of the molecule is Cc1nn(CC(=O)C[C@@H](Cc2cc(F)cc(F)c2)c2nc(C#CC(C)(C)S(C)(=O)=O)ccc2Br)c2c1[C@H]1C[C@H]1C2(F)F. The van der Waals surface area contributed by atoms with Crippen LogP contribution in [0.1, 0.15) is 72.4 Å². The normalized spacial score (nSPS) is 19.5. The number of ketones is 1. The summed E-state index contributed by atoms with van der Waals surface area (Å²) < 4.78 is 82.5. The lowest BCUT2D eigenvalue weighted by atomic mass is 9.90. The number of Topliss-reactive ketones (excluding diaryl/α,β-unsaturated/α-hetero) is 1. The summed E-state index contributed by atoms with van der Waals surface area (Å²) in [5, 5.41) is 4.26. The van der Waals surface area contributed by atoms with E-state index in [4.69, 9.17) is 0 Å². The van der Waals surface area contributed by atoms with Crippen molar-refractivity contribution in [3.63, 3.8) is 0 Å². The molecule has 0 amide bonds. The van der Waals surface area contributed by atoms with Gasteiger partial charge in [0.15, 0.2) is 15.6 Å². The molecule has 1 aromatic carbocycles. The number of nitrogens with zero attached hydrogens (tertiary/aromatic N) is 3. The maximum Gasteiger partial charge on any atom is 0.293 e. The molecule has 0 radical (unpaired) electrons. The van der Waals surface area contributed by atoms with Gasteiger partial charge >= 0.3 is 0 Å². The number of fused-ring (bicyclic) bond motifs is 3. The minimum atomic E-state index is -3.50. The molecule has 3 aromatic rings. The number of aryl methyl sites for hydroxylation is 1. The zero-order chi connectivity index (χ0) is 30.8. The van der Waals surface area contributed by atoms with E-state index in [1.54, 1.807) is 19.1 Å². The third kappa shape index (κ3) is 5.78. The summed E-state index contributed by atoms with van der Waals surface area (Å²) in [6.07, 6.45) is 1.31. The van der Waals surface area contributed by atoms with E-state index in [2.05, 4.69) is 37.9 Å². The van der Waals surface area contributed by atoms with Crippen LogP contribution in [0.15, 0.2) is 34.8 Å². The Morgan fingerprint density at radius 1 is 1.21 bits per heavy atom. The average Bonchev–Trinajstić information content (AvgIpc) is 3.54. The number of hydrogen-bond donors (Lipinski definition) is 0. The van der Waals surface area contributed by atoms with E-state index >= 15 is 8.78 Å². The second-order valence-electron chi connectivity index (χ2n) is 11.6. The van der Waals surface area contributed by atoms with Gasteiger partial charge in [-0.3, -0.25) is 9.48 Å². The number of pyridine rings is 1. The Kier molecular flexibility index (Phi) is 7.67. The molecule has 0 spiro atoms. The van der Waals surface area contributed by atoms with Gasteiger partial charge in [-0.25, -0.2) is 22.2 Å². The second-order valence-corrected chi connectivity index (χ2v) is 15.0. The van der Waals surface area contributed by atoms with Crippen LogP contribution < -0.4 is 0 Å². The molecule has 0 bridgehead atoms. The van der Waals surface area contributed by atoms with Crippen LogP contribution in [0.5, 0.6) is 0 Å². The van der Waals surface area contributed by atoms with Crippen LogP contribution >= 0.6 is 15.9 Å². The predicted octanol–water partition coefficient (Wildman–Crippen LogP) is 6.00. The van der Waals surface area contributed by atoms with Crippen molar-refractivity contribution in [3.05, 3.63) is 80.3 Å². The molecule has 0 aliphatic heterocycles. The number of benzene rings is 1. The first-order valence-corrected chi connectivity index (χ1v) is 16.0. The molecule has 222 valence electrons. The van der Waals surface area contributed by atoms with E-state index in [1.807, 2.05) is 0 Å². The van der Waals surface area contributed by atoms with Gasteiger partial charge in [0, 0.05) is 40.6 Å². The maximum absolute atomic E-state index is 15.0. The second kappa shape index (κ2) is 10.6. The number of alkyl halides is 2. The van der Waals surface area contributed by atoms with Crippen LogP contribution in [-0.4, -0.2) is 40.0 Å². The van der Waals surface area contributed by atoms with Crippen LogP contribution in [-0.2, 0) is 33.5 Å². The zero-order valence-corrected chi connectivity index (χ0v) is 25.7. The number of carbonyl (C=O) groups excluding carboxylic acids is 1. The van der Waals surface area contributed by atoms with E-state index in [1.165, 1.54) is 13.8 Å². The number of hydrogen-bond acceptors (Lipinski definition) is 5. The molecule has 3 atom stereocenters. The lowest BCUT2D eigenvalue weighted by Gasteiger charge is -2.19. The molecule has 0 saturated heterocycles. The first-order valence-electron chi connectivity index (χ1n) is 13.3. The monoisotopic (exact) mass is 665 g/mol. The van der Waals surface area contributed by atoms with Crippen molar-refractivity contribution in [2.24, 2.45) is 5.92 Å². The summed E-state index contributed by atoms with van der Waals surface area (Å²) in [5.74, 6) is -1.26. The lowest BCUT2D eigenvalue weighted by molar-refractivity contribution is -0.120. The molecule has 5 rings (SSSR count). The molecule has 2 aromatic heterocycles. The standard InChI is InChI=1S/C30H28BrF4N3O3S/c1-16-26-23-14-24(23)30(34,35)28(26)38(37-16)15-22(39)12-18(9-17-10-19(32)13-20(33)11-17)27-25(31)6-5-21(36-27)7-8-29(2,3)42(4,40)41/h5-6,10-11,13,18,23-24H,9,12,14-15H2,1-4H3/t18-,23+,24-/m1/s1. The summed E-state index contributed by atoms with van der Waals surface area (Å²) in [6.45, 7) is 4.21. The van der Waals surface area contributed by atoms with Gasteiger partial charge in [0.1, 0.15) is 34.3 Å². The fourth-order valence-corrected chi connectivity index (χ4v) is 6.28. The summed E-state index contributed by atoms with van der Waals surface area (Å²) in [5.41, 5.74) is 1.66. The number of halogens is 5. The molecule has 42 heavy (non-hydrogen) atoms. The van der Waals surface area contributed by atoms with Crippen LogP contribution in [0.25, 0.3) is 0 Å². The van der Waals surface area contributed by atoms with Gasteiger partial charge in [-0.15, -0.1) is 0 Å². The number of carbonyl (C=O) groups is 1. The van der Waals surface area contributed by atoms with E-state index in [9.17, 15) is 22.0 Å². The smallest absolute Gasteiger partial charge is 0.293 e. The fraction of sp³-hybridized carbons (Fsp3) is 0.433. The summed E-state index contributed by atoms with van der Waals surface area (Å²) in [6, 6.07) is 6.26. The highest BCUT2D eigenvalue weighted by atomic mass is 79.9. The van der Waals surface area contributed by atoms with Crippen molar-refractivity contribution in [1.82, 2.24) is 14.8 Å². The van der Waals surface area contributed by atoms with Crippen LogP contribution in [0, 0.1) is 36.3 Å². The molecule has 0 unspecified atom stereocenters. The van der Waals surface area contributed by atoms with Gasteiger partial charge in [-0.2, -0.15) is 13.9 Å². The van der Waals surface area contributed by atoms with E-state index in [0.717, 1.165) is 29.1 Å². The maximum atomic E-state index is 15.0. The number of rotatable bonds is 8. The molecular formula is C30H28BrF4N3O3S. The van der Waals surface area contributed by atoms with Crippen LogP contribution in [0.2, 0.25) is 0 Å². The van der Waals surface area contributed by atoms with Crippen LogP contribution in [0.3, 0.4) is 0 Å². The summed E-state index contributed by atoms with van der Waals surface area (Å²) in [7, 11) is -3.50. The molecule has 1 fully saturated rings. The Bertz CT molecular complexity index is 1760. The van der Waals surface area contributed by atoms with Crippen molar-refractivity contribution in [2.45, 2.75) is 69.1 Å². The highest BCUT2D eigenvalue weighted by Gasteiger charge is 2.66. The van der Waals surface area contributed by atoms with Gasteiger partial charge < -0.3 is 0 Å². The molecule has 2 aliphatic carbocycles. The van der Waals surface area contributed by atoms with Gasteiger partial charge in [-0.05, 0) is 91.2 Å². The van der Waals surface area contributed by atoms with Gasteiger partial charge in [0.05, 0.1) is 11.4 Å². The van der Waals surface area contributed by atoms with Gasteiger partial charge in [-0.1, -0.05) is 5.92 Å². The molecule has 2 heterocycles. The van der Waals surface area contributed by atoms with E-state index < -0.39 is 56.3 Å². The van der Waals surface area contributed by atoms with Crippen molar-refractivity contribution >= 4 is 31.6 Å². The van der Waals surface area contributed by atoms with Gasteiger partial charge in [0.25, 0.3) is 5.92 Å². The third-order valence-corrected chi connectivity index (χ3v) is 10.6. The third-order valence-electron chi connectivity index (χ3n) is 8.00. The summed E-state index contributed by atoms with van der Waals surface area (Å²) >= 11 is 3.44. The Morgan fingerprint density at radius 3 is 2.52 bits per heavy atom. The van der Waals surface area contributed by atoms with E-state index in [-0.39, 0.29) is 35.7 Å². The number of sulfone groups is 1. The highest BCUT2D eigenvalue weighted by Crippen LogP contribution is 2.67. The van der Waals surface area contributed by atoms with Crippen LogP contribution in [0.4, 0.5) is 17.6 Å². The first-order chi connectivity index (χ1) is 19.5. The van der Waals surface area contributed by atoms with Crippen molar-refractivity contribution < 1.29 is 30.8 Å². The fourth-order valence-electron chi connectivity index (χ4n) is 5.50. The Morgan fingerprint density at radius 2 is 1.88 bits per heavy atom. The molecule has 6 nitrogen and oxygen atoms in total. The Balaban J connectivity index is 1.48. The number of aromatic nitrogens is 3. The van der Waals surface area contributed by atoms with E-state index in [0.29, 0.717) is 27.8 Å². The largest absolute Gasteiger partial charge is 0.298 e. The molecule has 1 saturated carbocycles. The van der Waals surface area contributed by atoms with Crippen molar-refractivity contribution in [2.75, 3.05) is 6.26 Å². The Hall–Kier alpha value is -3.04. The van der Waals surface area contributed by atoms with Crippen molar-refractivity contribution in [1.29, 1.82) is 0 Å². The lowest BCUT2D eigenvalue weighted by Crippen LogP contribution is -2.28. The van der Waals surface area contributed by atoms with Crippen molar-refractivity contribution in [3.8, 4) is 11.8 Å². The molecule has 2 aliphatic rings. The average molecular weight is 667 g/mol. The van der Waals surface area contributed by atoms with Gasteiger partial charge in [0.2, 0.25) is 0 Å². The minimum absolute atomic E-state index is 0.00822.